The summed E-state index contributed by atoms with van der Waals surface area (Å²) in [4.78, 5) is 40.2. The zero-order valence-electron chi connectivity index (χ0n) is 22.6. The van der Waals surface area contributed by atoms with E-state index in [1.165, 1.54) is 83.5 Å². The van der Waals surface area contributed by atoms with Gasteiger partial charge in [-0.1, -0.05) is 96.8 Å². The Morgan fingerprint density at radius 2 is 0.833 bits per heavy atom. The minimum Gasteiger partial charge on any atom is -0.550 e. The van der Waals surface area contributed by atoms with E-state index < -0.39 is 42.3 Å². The summed E-state index contributed by atoms with van der Waals surface area (Å²) in [7, 11) is 0. The molecule has 12 heteroatoms. The Labute approximate surface area is 276 Å². The number of carbonyl (C=O) groups excluding carboxylic acids is 4. The molecule has 1 N–H and O–H groups in total. The maximum atomic E-state index is 10.2. The molecule has 0 saturated heterocycles. The maximum absolute atomic E-state index is 10.2. The smallest absolute Gasteiger partial charge is 0.550 e. The molecule has 0 aromatic rings. The third-order valence-electron chi connectivity index (χ3n) is 5.24. The summed E-state index contributed by atoms with van der Waals surface area (Å²) in [5, 5.41) is 49.1. The second-order valence-electron chi connectivity index (χ2n) is 8.49. The van der Waals surface area contributed by atoms with E-state index in [9.17, 15) is 39.6 Å². The number of aliphatic carboxylic acids is 4. The molecule has 194 valence electrons. The van der Waals surface area contributed by atoms with Crippen molar-refractivity contribution in [1.29, 1.82) is 0 Å². The van der Waals surface area contributed by atoms with Gasteiger partial charge < -0.3 is 44.7 Å². The first-order valence-electron chi connectivity index (χ1n) is 12.1. The fourth-order valence-electron chi connectivity index (χ4n) is 3.33. The molecule has 0 atom stereocenters. The van der Waals surface area contributed by atoms with E-state index in [0.29, 0.717) is 0 Å². The normalized spacial score (nSPS) is 9.94. The van der Waals surface area contributed by atoms with Gasteiger partial charge in [0.15, 0.2) is 0 Å². The van der Waals surface area contributed by atoms with E-state index in [0.717, 1.165) is 12.8 Å². The monoisotopic (exact) mass is 542 g/mol. The van der Waals surface area contributed by atoms with Crippen molar-refractivity contribution in [2.45, 2.75) is 128 Å². The van der Waals surface area contributed by atoms with Crippen molar-refractivity contribution in [2.75, 3.05) is 0 Å². The Kier molecular flexibility index (Phi) is 41.1. The van der Waals surface area contributed by atoms with Gasteiger partial charge in [0.25, 0.3) is 0 Å². The van der Waals surface area contributed by atoms with Crippen LogP contribution in [0.25, 0.3) is 0 Å². The van der Waals surface area contributed by atoms with Gasteiger partial charge in [-0.05, 0) is 12.8 Å². The molecular weight excluding hydrogens is 503 g/mol. The van der Waals surface area contributed by atoms with Crippen molar-refractivity contribution in [2.24, 2.45) is 0 Å². The summed E-state index contributed by atoms with van der Waals surface area (Å²) < 4.78 is 0. The minimum absolute atomic E-state index is 0. The summed E-state index contributed by atoms with van der Waals surface area (Å²) in [6, 6.07) is 0. The molecule has 0 unspecified atom stereocenters. The standard InChI is InChI=1S/C18H36O2.C6H8O7.Mg.2Na/c1-2-3-4-5-6-7-8-9-10-11-12-13-14-15-16-17-18(19)20;7-3(8)1-6(13,5(11)12)2-4(9)10;;;/h2-17H2,1H3,(H,19,20);13H,1-2H2,(H,7,8)(H,9,10)(H,11,12);;;/q;;+2;2*+1/p-4. The summed E-state index contributed by atoms with van der Waals surface area (Å²) in [6.45, 7) is 2.27. The summed E-state index contributed by atoms with van der Waals surface area (Å²) >= 11 is 0. The van der Waals surface area contributed by atoms with Crippen LogP contribution in [0.15, 0.2) is 0 Å². The van der Waals surface area contributed by atoms with Crippen LogP contribution in [-0.4, -0.2) is 57.6 Å². The van der Waals surface area contributed by atoms with E-state index >= 15 is 0 Å². The number of carboxylic acid groups (broad SMARTS) is 4. The number of carboxylic acids is 4. The van der Waals surface area contributed by atoms with Gasteiger partial charge in [-0.25, -0.2) is 0 Å². The molecule has 0 heterocycles. The molecule has 0 saturated carbocycles. The zero-order chi connectivity index (χ0) is 25.5. The fourth-order valence-corrected chi connectivity index (χ4v) is 3.33. The Balaban J connectivity index is -0.000000177. The van der Waals surface area contributed by atoms with Crippen molar-refractivity contribution >= 4 is 46.9 Å². The molecule has 0 aromatic heterocycles. The predicted octanol–water partition coefficient (Wildman–Crippen LogP) is -6.63. The molecule has 0 amide bonds. The van der Waals surface area contributed by atoms with Crippen molar-refractivity contribution in [3.05, 3.63) is 0 Å². The van der Waals surface area contributed by atoms with Gasteiger partial charge in [-0.15, -0.1) is 0 Å². The van der Waals surface area contributed by atoms with Crippen LogP contribution in [0.5, 0.6) is 0 Å². The third-order valence-corrected chi connectivity index (χ3v) is 5.24. The molecule has 36 heavy (non-hydrogen) atoms. The maximum Gasteiger partial charge on any atom is 2.00 e. The number of aliphatic hydroxyl groups is 1. The number of hydrogen-bond acceptors (Lipinski definition) is 9. The van der Waals surface area contributed by atoms with Crippen LogP contribution in [0.4, 0.5) is 0 Å². The van der Waals surface area contributed by atoms with Gasteiger partial charge in [-0.2, -0.15) is 0 Å². The Morgan fingerprint density at radius 3 is 1.06 bits per heavy atom. The van der Waals surface area contributed by atoms with Gasteiger partial charge in [0.05, 0.1) is 5.97 Å². The molecular formula is C24H40MgNa2O9. The first-order chi connectivity index (χ1) is 15.5. The minimum atomic E-state index is -2.97. The third kappa shape index (κ3) is 34.6. The molecule has 0 rings (SSSR count). The van der Waals surface area contributed by atoms with Gasteiger partial charge >= 0.3 is 82.2 Å². The first-order valence-corrected chi connectivity index (χ1v) is 12.1. The molecule has 0 aliphatic heterocycles. The zero-order valence-corrected chi connectivity index (χ0v) is 28.1. The van der Waals surface area contributed by atoms with Gasteiger partial charge in [0.1, 0.15) is 5.60 Å². The van der Waals surface area contributed by atoms with Gasteiger partial charge in [-0.3, -0.25) is 0 Å². The fraction of sp³-hybridized carbons (Fsp3) is 0.833. The quantitative estimate of drug-likeness (QED) is 0.109. The Bertz CT molecular complexity index is 548. The van der Waals surface area contributed by atoms with Crippen molar-refractivity contribution in [3.63, 3.8) is 0 Å². The molecule has 0 fully saturated rings. The van der Waals surface area contributed by atoms with Crippen LogP contribution in [0.2, 0.25) is 0 Å². The summed E-state index contributed by atoms with van der Waals surface area (Å²) in [5.41, 5.74) is -2.97. The first kappa shape index (κ1) is 46.5. The SMILES string of the molecule is CCCCCCCCCCCCCCCCCC(=O)[O-].O=C([O-])CC(O)(CC(=O)[O-])C(=O)[O-].[Mg+2].[Na+].[Na+]. The molecule has 9 nitrogen and oxygen atoms in total. The van der Waals surface area contributed by atoms with E-state index in [1.807, 2.05) is 0 Å². The van der Waals surface area contributed by atoms with Crippen LogP contribution in [0, 0.1) is 0 Å². The van der Waals surface area contributed by atoms with Crippen LogP contribution < -0.4 is 79.5 Å². The average molecular weight is 543 g/mol. The molecule has 0 radical (unpaired) electrons. The van der Waals surface area contributed by atoms with Gasteiger partial charge in [0, 0.05) is 30.7 Å². The molecule has 0 spiro atoms. The summed E-state index contributed by atoms with van der Waals surface area (Å²) in [5.74, 6) is -6.89. The number of carbonyl (C=O) groups is 4. The molecule has 0 aliphatic carbocycles. The number of rotatable bonds is 21. The number of hydrogen-bond donors (Lipinski definition) is 1. The molecule has 0 aromatic carbocycles. The van der Waals surface area contributed by atoms with Crippen LogP contribution >= 0.6 is 0 Å². The van der Waals surface area contributed by atoms with Crippen molar-refractivity contribution in [1.82, 2.24) is 0 Å². The summed E-state index contributed by atoms with van der Waals surface area (Å²) in [6.07, 6.45) is 17.1. The largest absolute Gasteiger partial charge is 2.00 e. The molecule has 0 aliphatic rings. The Morgan fingerprint density at radius 1 is 0.556 bits per heavy atom. The topological polar surface area (TPSA) is 181 Å². The second kappa shape index (κ2) is 31.8. The molecule has 0 bridgehead atoms. The second-order valence-corrected chi connectivity index (χ2v) is 8.49. The van der Waals surface area contributed by atoms with Crippen LogP contribution in [0.3, 0.4) is 0 Å². The van der Waals surface area contributed by atoms with Crippen LogP contribution in [0.1, 0.15) is 122 Å². The van der Waals surface area contributed by atoms with E-state index in [1.54, 1.807) is 0 Å². The van der Waals surface area contributed by atoms with E-state index in [4.69, 9.17) is 5.11 Å². The van der Waals surface area contributed by atoms with E-state index in [2.05, 4.69) is 6.92 Å². The predicted molar refractivity (Wildman–Crippen MR) is 120 cm³/mol. The Hall–Kier alpha value is 0.606. The van der Waals surface area contributed by atoms with Crippen molar-refractivity contribution < 1.29 is 104 Å². The van der Waals surface area contributed by atoms with Gasteiger partial charge in [0.2, 0.25) is 0 Å². The van der Waals surface area contributed by atoms with E-state index in [-0.39, 0.29) is 88.6 Å². The average Bonchev–Trinajstić information content (AvgIpc) is 2.70. The number of unbranched alkanes of at least 4 members (excludes halogenated alkanes) is 14. The van der Waals surface area contributed by atoms with Crippen molar-refractivity contribution in [3.8, 4) is 0 Å². The van der Waals surface area contributed by atoms with Crippen LogP contribution in [-0.2, 0) is 19.2 Å².